The SMILES string of the molecule is c1ccc(-c2cc3c4ccccc4c4cccc5c6cc(-c7cccc8c7oc7ccccc78)ccc6c(c2)c3c45)nc1. The fraction of sp³-hybridized carbons (Fsp3) is 0. The number of hydrogen-bond donors (Lipinski definition) is 0. The maximum absolute atomic E-state index is 6.45. The summed E-state index contributed by atoms with van der Waals surface area (Å²) in [4.78, 5) is 4.74. The Morgan fingerprint density at radius 2 is 1.00 bits per heavy atom. The van der Waals surface area contributed by atoms with Crippen LogP contribution >= 0.6 is 0 Å². The van der Waals surface area contributed by atoms with Crippen molar-refractivity contribution in [3.63, 3.8) is 0 Å². The standard InChI is InChI=1S/C41H23NO/c1-2-10-28-27(9-1)31-13-8-14-32-34-21-24(26-12-7-15-33-30-11-3-4-17-38(30)43-41(26)33)18-19-29(34)36-23-25(37-16-5-6-20-42-37)22-35(28)40(36)39(31)32/h1-23H. The summed E-state index contributed by atoms with van der Waals surface area (Å²) < 4.78 is 6.45. The van der Waals surface area contributed by atoms with Crippen LogP contribution in [0, 0.1) is 0 Å². The van der Waals surface area contributed by atoms with Crippen molar-refractivity contribution in [3.05, 3.63) is 140 Å². The lowest BCUT2D eigenvalue weighted by atomic mass is 9.84. The van der Waals surface area contributed by atoms with Crippen LogP contribution in [0.3, 0.4) is 0 Å². The number of nitrogens with zero attached hydrogens (tertiary/aromatic N) is 1. The van der Waals surface area contributed by atoms with Crippen LogP contribution in [0.4, 0.5) is 0 Å². The van der Waals surface area contributed by atoms with E-state index in [1.54, 1.807) is 0 Å². The maximum Gasteiger partial charge on any atom is 0.143 e. The minimum atomic E-state index is 0.919. The van der Waals surface area contributed by atoms with Crippen molar-refractivity contribution in [2.24, 2.45) is 0 Å². The van der Waals surface area contributed by atoms with Gasteiger partial charge in [0, 0.05) is 28.1 Å². The van der Waals surface area contributed by atoms with Gasteiger partial charge in [0.1, 0.15) is 11.2 Å². The fourth-order valence-electron chi connectivity index (χ4n) is 7.39. The van der Waals surface area contributed by atoms with Gasteiger partial charge in [-0.15, -0.1) is 0 Å². The molecule has 0 aliphatic carbocycles. The number of para-hydroxylation sites is 2. The summed E-state index contributed by atoms with van der Waals surface area (Å²) in [5, 5.41) is 15.1. The Balaban J connectivity index is 1.37. The second-order valence-corrected chi connectivity index (χ2v) is 11.5. The summed E-state index contributed by atoms with van der Waals surface area (Å²) >= 11 is 0. The first-order valence-corrected chi connectivity index (χ1v) is 14.7. The average Bonchev–Trinajstić information content (AvgIpc) is 3.47. The first-order chi connectivity index (χ1) is 21.3. The molecule has 0 aliphatic heterocycles. The summed E-state index contributed by atoms with van der Waals surface area (Å²) in [5.74, 6) is 0. The van der Waals surface area contributed by atoms with Crippen LogP contribution in [0.2, 0.25) is 0 Å². The number of fused-ring (bicyclic) bond motifs is 9. The van der Waals surface area contributed by atoms with Crippen LogP contribution < -0.4 is 0 Å². The van der Waals surface area contributed by atoms with E-state index in [1.165, 1.54) is 53.9 Å². The minimum Gasteiger partial charge on any atom is -0.455 e. The van der Waals surface area contributed by atoms with Gasteiger partial charge < -0.3 is 4.42 Å². The average molecular weight is 546 g/mol. The number of hydrogen-bond acceptors (Lipinski definition) is 2. The minimum absolute atomic E-state index is 0.919. The Kier molecular flexibility index (Phi) is 4.48. The van der Waals surface area contributed by atoms with E-state index in [0.717, 1.165) is 44.3 Å². The van der Waals surface area contributed by atoms with Crippen molar-refractivity contribution >= 4 is 75.8 Å². The first-order valence-electron chi connectivity index (χ1n) is 14.7. The number of furan rings is 1. The van der Waals surface area contributed by atoms with E-state index in [2.05, 4.69) is 115 Å². The van der Waals surface area contributed by atoms with Gasteiger partial charge in [0.05, 0.1) is 5.69 Å². The highest BCUT2D eigenvalue weighted by atomic mass is 16.3. The van der Waals surface area contributed by atoms with Gasteiger partial charge >= 0.3 is 0 Å². The van der Waals surface area contributed by atoms with Crippen molar-refractivity contribution in [1.82, 2.24) is 4.98 Å². The number of pyridine rings is 1. The molecule has 2 heteroatoms. The van der Waals surface area contributed by atoms with E-state index in [0.29, 0.717) is 0 Å². The lowest BCUT2D eigenvalue weighted by molar-refractivity contribution is 0.670. The van der Waals surface area contributed by atoms with Crippen LogP contribution in [0.15, 0.2) is 144 Å². The highest BCUT2D eigenvalue weighted by Gasteiger charge is 2.19. The molecule has 2 nitrogen and oxygen atoms in total. The lowest BCUT2D eigenvalue weighted by Gasteiger charge is -2.19. The topological polar surface area (TPSA) is 26.0 Å². The van der Waals surface area contributed by atoms with Gasteiger partial charge in [0.2, 0.25) is 0 Å². The highest BCUT2D eigenvalue weighted by Crippen LogP contribution is 2.47. The molecule has 0 bridgehead atoms. The molecule has 43 heavy (non-hydrogen) atoms. The largest absolute Gasteiger partial charge is 0.455 e. The molecule has 0 saturated heterocycles. The quantitative estimate of drug-likeness (QED) is 0.159. The Labute approximate surface area is 246 Å². The Hall–Kier alpha value is -5.73. The van der Waals surface area contributed by atoms with Gasteiger partial charge in [0.25, 0.3) is 0 Å². The highest BCUT2D eigenvalue weighted by molar-refractivity contribution is 6.40. The molecule has 0 unspecified atom stereocenters. The van der Waals surface area contributed by atoms with Crippen molar-refractivity contribution in [1.29, 1.82) is 0 Å². The molecule has 0 spiro atoms. The van der Waals surface area contributed by atoms with Crippen LogP contribution in [0.5, 0.6) is 0 Å². The maximum atomic E-state index is 6.45. The predicted molar refractivity (Wildman–Crippen MR) is 181 cm³/mol. The van der Waals surface area contributed by atoms with Crippen LogP contribution in [-0.4, -0.2) is 4.98 Å². The molecule has 198 valence electrons. The van der Waals surface area contributed by atoms with Gasteiger partial charge in [-0.1, -0.05) is 97.1 Å². The first kappa shape index (κ1) is 22.9. The third-order valence-corrected chi connectivity index (χ3v) is 9.24. The molecule has 0 aliphatic rings. The van der Waals surface area contributed by atoms with Crippen molar-refractivity contribution in [3.8, 4) is 22.4 Å². The van der Waals surface area contributed by atoms with Crippen molar-refractivity contribution in [2.75, 3.05) is 0 Å². The van der Waals surface area contributed by atoms with Crippen LogP contribution in [-0.2, 0) is 0 Å². The summed E-state index contributed by atoms with van der Waals surface area (Å²) in [6.07, 6.45) is 1.88. The summed E-state index contributed by atoms with van der Waals surface area (Å²) in [7, 11) is 0. The molecule has 8 aromatic carbocycles. The molecule has 0 fully saturated rings. The monoisotopic (exact) mass is 545 g/mol. The predicted octanol–water partition coefficient (Wildman–Crippen LogP) is 11.5. The van der Waals surface area contributed by atoms with Crippen LogP contribution in [0.25, 0.3) is 98.2 Å². The zero-order chi connectivity index (χ0) is 28.1. The zero-order valence-electron chi connectivity index (χ0n) is 23.1. The van der Waals surface area contributed by atoms with E-state index < -0.39 is 0 Å². The number of benzene rings is 8. The smallest absolute Gasteiger partial charge is 0.143 e. The molecule has 10 rings (SSSR count). The molecule has 0 radical (unpaired) electrons. The van der Waals surface area contributed by atoms with Crippen molar-refractivity contribution < 1.29 is 4.42 Å². The lowest BCUT2D eigenvalue weighted by Crippen LogP contribution is -1.92. The Morgan fingerprint density at radius 3 is 1.81 bits per heavy atom. The van der Waals surface area contributed by atoms with Gasteiger partial charge in [-0.2, -0.15) is 0 Å². The second-order valence-electron chi connectivity index (χ2n) is 11.5. The molecule has 2 heterocycles. The molecule has 0 saturated carbocycles. The normalized spacial score (nSPS) is 12.2. The summed E-state index contributed by atoms with van der Waals surface area (Å²) in [6, 6.07) is 48.1. The second kappa shape index (κ2) is 8.40. The van der Waals surface area contributed by atoms with Gasteiger partial charge in [-0.25, -0.2) is 0 Å². The van der Waals surface area contributed by atoms with Crippen molar-refractivity contribution in [2.45, 2.75) is 0 Å². The zero-order valence-corrected chi connectivity index (χ0v) is 23.1. The van der Waals surface area contributed by atoms with E-state index in [-0.39, 0.29) is 0 Å². The molecule has 2 aromatic heterocycles. The van der Waals surface area contributed by atoms with Gasteiger partial charge in [-0.3, -0.25) is 4.98 Å². The third-order valence-electron chi connectivity index (χ3n) is 9.24. The number of rotatable bonds is 2. The Morgan fingerprint density at radius 1 is 0.395 bits per heavy atom. The van der Waals surface area contributed by atoms with E-state index in [9.17, 15) is 0 Å². The summed E-state index contributed by atoms with van der Waals surface area (Å²) in [5.41, 5.74) is 6.24. The molecular weight excluding hydrogens is 522 g/mol. The molecule has 0 atom stereocenters. The third kappa shape index (κ3) is 3.10. The van der Waals surface area contributed by atoms with E-state index in [1.807, 2.05) is 24.4 Å². The molecular formula is C41H23NO. The van der Waals surface area contributed by atoms with Crippen LogP contribution in [0.1, 0.15) is 0 Å². The molecule has 0 N–H and O–H groups in total. The van der Waals surface area contributed by atoms with E-state index >= 15 is 0 Å². The van der Waals surface area contributed by atoms with Gasteiger partial charge in [-0.05, 0) is 95.8 Å². The summed E-state index contributed by atoms with van der Waals surface area (Å²) in [6.45, 7) is 0. The van der Waals surface area contributed by atoms with Gasteiger partial charge in [0.15, 0.2) is 0 Å². The fourth-order valence-corrected chi connectivity index (χ4v) is 7.39. The number of aromatic nitrogens is 1. The van der Waals surface area contributed by atoms with E-state index in [4.69, 9.17) is 9.40 Å². The Bertz CT molecular complexity index is 2720. The molecule has 0 amide bonds. The molecule has 10 aromatic rings.